The molecular formula is C16H22BrNO. The molecule has 1 fully saturated rings. The highest BCUT2D eigenvalue weighted by Crippen LogP contribution is 2.47. The van der Waals surface area contributed by atoms with E-state index >= 15 is 0 Å². The fourth-order valence-corrected chi connectivity index (χ4v) is 4.46. The number of rotatable bonds is 0. The maximum atomic E-state index is 10.0. The summed E-state index contributed by atoms with van der Waals surface area (Å²) < 4.78 is 0.805. The van der Waals surface area contributed by atoms with E-state index in [0.29, 0.717) is 11.7 Å². The molecule has 3 N–H and O–H groups in total. The minimum atomic E-state index is 0.0247. The lowest BCUT2D eigenvalue weighted by atomic mass is 9.60. The van der Waals surface area contributed by atoms with Crippen molar-refractivity contribution in [2.45, 2.75) is 56.9 Å². The maximum absolute atomic E-state index is 10.0. The monoisotopic (exact) mass is 323 g/mol. The Morgan fingerprint density at radius 1 is 1.32 bits per heavy atom. The number of nitrogens with two attached hydrogens (primary N) is 1. The third-order valence-corrected chi connectivity index (χ3v) is 5.92. The average Bonchev–Trinajstić information content (AvgIpc) is 2.37. The molecule has 2 aliphatic rings. The molecule has 3 rings (SSSR count). The van der Waals surface area contributed by atoms with Crippen LogP contribution < -0.4 is 5.73 Å². The third kappa shape index (κ3) is 2.11. The number of hydrogen-bond acceptors (Lipinski definition) is 2. The van der Waals surface area contributed by atoms with E-state index in [9.17, 15) is 5.11 Å². The number of halogens is 1. The van der Waals surface area contributed by atoms with Crippen molar-refractivity contribution in [1.82, 2.24) is 0 Å². The van der Waals surface area contributed by atoms with Gasteiger partial charge in [0.2, 0.25) is 0 Å². The molecule has 0 spiro atoms. The number of fused-ring (bicyclic) bond motifs is 4. The van der Waals surface area contributed by atoms with Crippen LogP contribution in [0.15, 0.2) is 16.6 Å². The van der Waals surface area contributed by atoms with Gasteiger partial charge in [-0.25, -0.2) is 0 Å². The summed E-state index contributed by atoms with van der Waals surface area (Å²) >= 11 is 3.44. The molecule has 2 nitrogen and oxygen atoms in total. The molecule has 1 aromatic rings. The Morgan fingerprint density at radius 2 is 2.11 bits per heavy atom. The summed E-state index contributed by atoms with van der Waals surface area (Å²) in [4.78, 5) is 0. The van der Waals surface area contributed by atoms with Gasteiger partial charge in [0, 0.05) is 11.5 Å². The summed E-state index contributed by atoms with van der Waals surface area (Å²) in [6.07, 6.45) is 7.31. The van der Waals surface area contributed by atoms with E-state index in [1.165, 1.54) is 36.8 Å². The molecule has 19 heavy (non-hydrogen) atoms. The SMILES string of the molecule is CC12CCCCCC(Cc3cc(Br)c(O)cc31)C2N. The Bertz CT molecular complexity index is 502. The van der Waals surface area contributed by atoms with Gasteiger partial charge in [0.25, 0.3) is 0 Å². The second-order valence-corrected chi connectivity index (χ2v) is 7.32. The van der Waals surface area contributed by atoms with Gasteiger partial charge in [0.15, 0.2) is 0 Å². The zero-order valence-electron chi connectivity index (χ0n) is 11.5. The Kier molecular flexibility index (Phi) is 3.38. The summed E-state index contributed by atoms with van der Waals surface area (Å²) in [6, 6.07) is 4.27. The zero-order valence-corrected chi connectivity index (χ0v) is 13.0. The lowest BCUT2D eigenvalue weighted by Gasteiger charge is -2.47. The minimum Gasteiger partial charge on any atom is -0.507 e. The van der Waals surface area contributed by atoms with Crippen LogP contribution in [0.5, 0.6) is 5.75 Å². The highest BCUT2D eigenvalue weighted by atomic mass is 79.9. The van der Waals surface area contributed by atoms with Crippen molar-refractivity contribution in [3.63, 3.8) is 0 Å². The van der Waals surface area contributed by atoms with Crippen molar-refractivity contribution in [2.24, 2.45) is 11.7 Å². The van der Waals surface area contributed by atoms with E-state index in [1.807, 2.05) is 6.07 Å². The molecule has 1 aromatic carbocycles. The van der Waals surface area contributed by atoms with Crippen molar-refractivity contribution in [3.05, 3.63) is 27.7 Å². The molecule has 2 bridgehead atoms. The van der Waals surface area contributed by atoms with Gasteiger partial charge < -0.3 is 10.8 Å². The molecule has 0 aromatic heterocycles. The first-order valence-corrected chi connectivity index (χ1v) is 8.09. The lowest BCUT2D eigenvalue weighted by molar-refractivity contribution is 0.201. The fourth-order valence-electron chi connectivity index (χ4n) is 4.07. The van der Waals surface area contributed by atoms with E-state index in [0.717, 1.165) is 17.3 Å². The first-order valence-electron chi connectivity index (χ1n) is 7.30. The predicted octanol–water partition coefficient (Wildman–Crippen LogP) is 3.88. The zero-order chi connectivity index (χ0) is 13.6. The molecule has 3 atom stereocenters. The number of phenols is 1. The van der Waals surface area contributed by atoms with Crippen LogP contribution in [0.1, 0.15) is 50.2 Å². The quantitative estimate of drug-likeness (QED) is 0.761. The van der Waals surface area contributed by atoms with Gasteiger partial charge in [-0.15, -0.1) is 0 Å². The van der Waals surface area contributed by atoms with Gasteiger partial charge in [-0.05, 0) is 64.4 Å². The highest BCUT2D eigenvalue weighted by Gasteiger charge is 2.44. The van der Waals surface area contributed by atoms with Crippen LogP contribution in [-0.4, -0.2) is 11.1 Å². The molecule has 1 saturated carbocycles. The number of aromatic hydroxyl groups is 1. The van der Waals surface area contributed by atoms with Crippen LogP contribution >= 0.6 is 15.9 Å². The Labute approximate surface area is 123 Å². The molecule has 0 amide bonds. The van der Waals surface area contributed by atoms with Crippen molar-refractivity contribution in [1.29, 1.82) is 0 Å². The van der Waals surface area contributed by atoms with Crippen LogP contribution in [0, 0.1) is 5.92 Å². The first-order chi connectivity index (χ1) is 9.02. The molecule has 0 saturated heterocycles. The largest absolute Gasteiger partial charge is 0.507 e. The van der Waals surface area contributed by atoms with Crippen LogP contribution in [0.3, 0.4) is 0 Å². The summed E-state index contributed by atoms with van der Waals surface area (Å²) in [5.74, 6) is 0.932. The fraction of sp³-hybridized carbons (Fsp3) is 0.625. The van der Waals surface area contributed by atoms with Crippen LogP contribution in [-0.2, 0) is 11.8 Å². The summed E-state index contributed by atoms with van der Waals surface area (Å²) in [5.41, 5.74) is 9.27. The Morgan fingerprint density at radius 3 is 2.89 bits per heavy atom. The molecular weight excluding hydrogens is 302 g/mol. The standard InChI is InChI=1S/C16H22BrNO/c1-16-6-4-2-3-5-10(15(16)18)7-11-8-13(17)14(19)9-12(11)16/h8-10,15,19H,2-7,18H2,1H3. The Balaban J connectivity index is 2.14. The van der Waals surface area contributed by atoms with Crippen LogP contribution in [0.2, 0.25) is 0 Å². The molecule has 0 heterocycles. The number of benzene rings is 1. The van der Waals surface area contributed by atoms with Crippen molar-refractivity contribution >= 4 is 15.9 Å². The van der Waals surface area contributed by atoms with E-state index < -0.39 is 0 Å². The lowest BCUT2D eigenvalue weighted by Crippen LogP contribution is -2.52. The van der Waals surface area contributed by atoms with Crippen molar-refractivity contribution in [2.75, 3.05) is 0 Å². The van der Waals surface area contributed by atoms with Gasteiger partial charge in [0.05, 0.1) is 4.47 Å². The van der Waals surface area contributed by atoms with Crippen LogP contribution in [0.25, 0.3) is 0 Å². The number of phenolic OH excluding ortho intramolecular Hbond substituents is 1. The summed E-state index contributed by atoms with van der Waals surface area (Å²) in [5, 5.41) is 10.0. The Hall–Kier alpha value is -0.540. The normalized spacial score (nSPS) is 34.3. The van der Waals surface area contributed by atoms with E-state index in [4.69, 9.17) is 5.73 Å². The van der Waals surface area contributed by atoms with E-state index in [-0.39, 0.29) is 11.5 Å². The van der Waals surface area contributed by atoms with Crippen LogP contribution in [0.4, 0.5) is 0 Å². The van der Waals surface area contributed by atoms with E-state index in [2.05, 4.69) is 28.9 Å². The second kappa shape index (κ2) is 4.78. The molecule has 3 unspecified atom stereocenters. The third-order valence-electron chi connectivity index (χ3n) is 5.28. The highest BCUT2D eigenvalue weighted by molar-refractivity contribution is 9.10. The smallest absolute Gasteiger partial charge is 0.130 e. The molecule has 104 valence electrons. The van der Waals surface area contributed by atoms with Gasteiger partial charge >= 0.3 is 0 Å². The van der Waals surface area contributed by atoms with Crippen molar-refractivity contribution < 1.29 is 5.11 Å². The second-order valence-electron chi connectivity index (χ2n) is 6.47. The summed E-state index contributed by atoms with van der Waals surface area (Å²) in [6.45, 7) is 2.29. The molecule has 0 aliphatic heterocycles. The molecule has 2 aliphatic carbocycles. The van der Waals surface area contributed by atoms with Crippen molar-refractivity contribution in [3.8, 4) is 5.75 Å². The topological polar surface area (TPSA) is 46.2 Å². The maximum Gasteiger partial charge on any atom is 0.130 e. The first kappa shape index (κ1) is 13.4. The number of hydrogen-bond donors (Lipinski definition) is 2. The predicted molar refractivity (Wildman–Crippen MR) is 81.4 cm³/mol. The molecule has 3 heteroatoms. The molecule has 0 radical (unpaired) electrons. The average molecular weight is 324 g/mol. The van der Waals surface area contributed by atoms with Gasteiger partial charge in [-0.2, -0.15) is 0 Å². The van der Waals surface area contributed by atoms with Gasteiger partial charge in [-0.1, -0.05) is 26.2 Å². The summed E-state index contributed by atoms with van der Waals surface area (Å²) in [7, 11) is 0. The van der Waals surface area contributed by atoms with Gasteiger partial charge in [0.1, 0.15) is 5.75 Å². The van der Waals surface area contributed by atoms with E-state index in [1.54, 1.807) is 0 Å². The minimum absolute atomic E-state index is 0.0247. The van der Waals surface area contributed by atoms with Gasteiger partial charge in [-0.3, -0.25) is 0 Å².